The third-order valence-electron chi connectivity index (χ3n) is 4.61. The van der Waals surface area contributed by atoms with Crippen molar-refractivity contribution < 1.29 is 4.79 Å². The van der Waals surface area contributed by atoms with Crippen molar-refractivity contribution in [1.82, 2.24) is 4.90 Å². The van der Waals surface area contributed by atoms with Crippen molar-refractivity contribution in [2.24, 2.45) is 5.92 Å². The molecule has 0 aromatic heterocycles. The van der Waals surface area contributed by atoms with Crippen molar-refractivity contribution >= 4 is 27.5 Å². The Labute approximate surface area is 152 Å². The molecule has 0 atom stereocenters. The smallest absolute Gasteiger partial charge is 0.256 e. The van der Waals surface area contributed by atoms with Crippen LogP contribution in [0.1, 0.15) is 35.7 Å². The Bertz CT molecular complexity index is 691. The van der Waals surface area contributed by atoms with E-state index < -0.39 is 0 Å². The number of benzene rings is 2. The second-order valence-corrected chi connectivity index (χ2v) is 7.44. The van der Waals surface area contributed by atoms with Crippen LogP contribution in [-0.2, 0) is 6.54 Å². The normalized spacial score (nSPS) is 16.1. The number of likely N-dealkylation sites (tertiary alicyclic amines) is 1. The first-order chi connectivity index (χ1) is 11.6. The van der Waals surface area contributed by atoms with Crippen molar-refractivity contribution in [2.75, 3.05) is 18.4 Å². The van der Waals surface area contributed by atoms with E-state index >= 15 is 0 Å². The van der Waals surface area contributed by atoms with Gasteiger partial charge in [-0.05, 0) is 77.6 Å². The summed E-state index contributed by atoms with van der Waals surface area (Å²) < 4.78 is 0.804. The molecular formula is C20H23BrN2O. The highest BCUT2D eigenvalue weighted by molar-refractivity contribution is 9.10. The highest BCUT2D eigenvalue weighted by atomic mass is 79.9. The van der Waals surface area contributed by atoms with Crippen molar-refractivity contribution in [3.63, 3.8) is 0 Å². The minimum absolute atomic E-state index is 0.0970. The number of anilines is 1. The predicted octanol–water partition coefficient (Wildman–Crippen LogP) is 4.93. The van der Waals surface area contributed by atoms with Gasteiger partial charge in [-0.2, -0.15) is 0 Å². The maximum absolute atomic E-state index is 12.3. The lowest BCUT2D eigenvalue weighted by Crippen LogP contribution is -2.32. The molecule has 126 valence electrons. The highest BCUT2D eigenvalue weighted by Crippen LogP contribution is 2.20. The lowest BCUT2D eigenvalue weighted by molar-refractivity contribution is 0.102. The van der Waals surface area contributed by atoms with Gasteiger partial charge in [0.2, 0.25) is 0 Å². The molecule has 1 aliphatic heterocycles. The Morgan fingerprint density at radius 1 is 1.12 bits per heavy atom. The Morgan fingerprint density at radius 2 is 1.79 bits per heavy atom. The third kappa shape index (κ3) is 4.46. The SMILES string of the molecule is CC1CCN(Cc2ccc(NC(=O)c3ccccc3Br)cc2)CC1. The highest BCUT2D eigenvalue weighted by Gasteiger charge is 2.15. The lowest BCUT2D eigenvalue weighted by Gasteiger charge is -2.30. The molecule has 0 saturated carbocycles. The first-order valence-corrected chi connectivity index (χ1v) is 9.28. The molecule has 0 bridgehead atoms. The molecule has 4 heteroatoms. The van der Waals surface area contributed by atoms with Crippen molar-refractivity contribution in [1.29, 1.82) is 0 Å². The van der Waals surface area contributed by atoms with Crippen LogP contribution in [0.2, 0.25) is 0 Å². The second-order valence-electron chi connectivity index (χ2n) is 6.59. The first kappa shape index (κ1) is 17.2. The number of rotatable bonds is 4. The number of hydrogen-bond donors (Lipinski definition) is 1. The molecule has 3 rings (SSSR count). The summed E-state index contributed by atoms with van der Waals surface area (Å²) in [7, 11) is 0. The van der Waals surface area contributed by atoms with Gasteiger partial charge in [-0.25, -0.2) is 0 Å². The number of halogens is 1. The van der Waals surface area contributed by atoms with Gasteiger partial charge in [-0.15, -0.1) is 0 Å². The minimum Gasteiger partial charge on any atom is -0.322 e. The number of piperidine rings is 1. The molecule has 3 nitrogen and oxygen atoms in total. The molecule has 1 N–H and O–H groups in total. The number of nitrogens with zero attached hydrogens (tertiary/aromatic N) is 1. The lowest BCUT2D eigenvalue weighted by atomic mass is 9.99. The topological polar surface area (TPSA) is 32.3 Å². The summed E-state index contributed by atoms with van der Waals surface area (Å²) in [5.74, 6) is 0.761. The molecule has 0 unspecified atom stereocenters. The van der Waals surface area contributed by atoms with Gasteiger partial charge in [0.25, 0.3) is 5.91 Å². The van der Waals surface area contributed by atoms with Crippen LogP contribution in [0.4, 0.5) is 5.69 Å². The summed E-state index contributed by atoms with van der Waals surface area (Å²) >= 11 is 3.41. The van der Waals surface area contributed by atoms with E-state index in [0.29, 0.717) is 5.56 Å². The van der Waals surface area contributed by atoms with Gasteiger partial charge in [-0.3, -0.25) is 9.69 Å². The Kier molecular flexibility index (Phi) is 5.69. The molecule has 1 aliphatic rings. The average Bonchev–Trinajstić information content (AvgIpc) is 2.59. The summed E-state index contributed by atoms with van der Waals surface area (Å²) in [6.07, 6.45) is 2.58. The molecule has 0 aliphatic carbocycles. The fraction of sp³-hybridized carbons (Fsp3) is 0.350. The molecule has 1 fully saturated rings. The zero-order valence-corrected chi connectivity index (χ0v) is 15.6. The van der Waals surface area contributed by atoms with E-state index in [1.165, 1.54) is 31.5 Å². The van der Waals surface area contributed by atoms with Gasteiger partial charge in [0.15, 0.2) is 0 Å². The van der Waals surface area contributed by atoms with Gasteiger partial charge >= 0.3 is 0 Å². The predicted molar refractivity (Wildman–Crippen MR) is 102 cm³/mol. The quantitative estimate of drug-likeness (QED) is 0.807. The largest absolute Gasteiger partial charge is 0.322 e. The standard InChI is InChI=1S/C20H23BrN2O/c1-15-10-12-23(13-11-15)14-16-6-8-17(9-7-16)22-20(24)18-4-2-3-5-19(18)21/h2-9,15H,10-14H2,1H3,(H,22,24). The molecular weight excluding hydrogens is 364 g/mol. The van der Waals surface area contributed by atoms with Gasteiger partial charge in [0.1, 0.15) is 0 Å². The number of nitrogens with one attached hydrogen (secondary N) is 1. The van der Waals surface area contributed by atoms with E-state index in [4.69, 9.17) is 0 Å². The van der Waals surface area contributed by atoms with E-state index in [1.807, 2.05) is 36.4 Å². The van der Waals surface area contributed by atoms with Gasteiger partial charge in [0.05, 0.1) is 5.56 Å². The maximum atomic E-state index is 12.3. The number of hydrogen-bond acceptors (Lipinski definition) is 2. The zero-order chi connectivity index (χ0) is 16.9. The van der Waals surface area contributed by atoms with Crippen LogP contribution in [0.5, 0.6) is 0 Å². The van der Waals surface area contributed by atoms with Crippen LogP contribution < -0.4 is 5.32 Å². The third-order valence-corrected chi connectivity index (χ3v) is 5.30. The van der Waals surface area contributed by atoms with Crippen LogP contribution in [0.15, 0.2) is 53.0 Å². The van der Waals surface area contributed by atoms with Crippen molar-refractivity contribution in [3.8, 4) is 0 Å². The molecule has 2 aromatic rings. The summed E-state index contributed by atoms with van der Waals surface area (Å²) in [6.45, 7) is 5.69. The van der Waals surface area contributed by atoms with E-state index in [-0.39, 0.29) is 5.91 Å². The maximum Gasteiger partial charge on any atom is 0.256 e. The molecule has 2 aromatic carbocycles. The van der Waals surface area contributed by atoms with Gasteiger partial charge in [-0.1, -0.05) is 31.2 Å². The summed E-state index contributed by atoms with van der Waals surface area (Å²) in [6, 6.07) is 15.6. The molecule has 24 heavy (non-hydrogen) atoms. The number of carbonyl (C=O) groups is 1. The van der Waals surface area contributed by atoms with E-state index in [9.17, 15) is 4.79 Å². The van der Waals surface area contributed by atoms with E-state index in [2.05, 4.69) is 45.2 Å². The molecule has 1 saturated heterocycles. The Morgan fingerprint density at radius 3 is 2.46 bits per heavy atom. The van der Waals surface area contributed by atoms with Gasteiger partial charge < -0.3 is 5.32 Å². The van der Waals surface area contributed by atoms with Crippen LogP contribution in [0.3, 0.4) is 0 Å². The molecule has 0 radical (unpaired) electrons. The number of amides is 1. The molecule has 1 heterocycles. The van der Waals surface area contributed by atoms with Crippen LogP contribution in [0, 0.1) is 5.92 Å². The van der Waals surface area contributed by atoms with Crippen molar-refractivity contribution in [3.05, 3.63) is 64.1 Å². The fourth-order valence-corrected chi connectivity index (χ4v) is 3.48. The van der Waals surface area contributed by atoms with Crippen molar-refractivity contribution in [2.45, 2.75) is 26.3 Å². The van der Waals surface area contributed by atoms with Crippen LogP contribution in [-0.4, -0.2) is 23.9 Å². The van der Waals surface area contributed by atoms with E-state index in [0.717, 1.165) is 22.6 Å². The fourth-order valence-electron chi connectivity index (χ4n) is 3.02. The second kappa shape index (κ2) is 7.95. The zero-order valence-electron chi connectivity index (χ0n) is 14.0. The van der Waals surface area contributed by atoms with E-state index in [1.54, 1.807) is 0 Å². The number of carbonyl (C=O) groups excluding carboxylic acids is 1. The summed E-state index contributed by atoms with van der Waals surface area (Å²) in [5.41, 5.74) is 2.76. The van der Waals surface area contributed by atoms with Gasteiger partial charge in [0, 0.05) is 16.7 Å². The molecule has 1 amide bonds. The Hall–Kier alpha value is -1.65. The summed E-state index contributed by atoms with van der Waals surface area (Å²) in [4.78, 5) is 14.8. The Balaban J connectivity index is 1.58. The summed E-state index contributed by atoms with van der Waals surface area (Å²) in [5, 5.41) is 2.95. The van der Waals surface area contributed by atoms with Crippen LogP contribution in [0.25, 0.3) is 0 Å². The monoisotopic (exact) mass is 386 g/mol. The minimum atomic E-state index is -0.0970. The molecule has 0 spiro atoms. The first-order valence-electron chi connectivity index (χ1n) is 8.49. The average molecular weight is 387 g/mol. The van der Waals surface area contributed by atoms with Crippen LogP contribution >= 0.6 is 15.9 Å².